The number of hydrogen-bond donors (Lipinski definition) is 0. The van der Waals surface area contributed by atoms with Gasteiger partial charge in [0.2, 0.25) is 0 Å². The van der Waals surface area contributed by atoms with Crippen LogP contribution in [0.25, 0.3) is 0 Å². The van der Waals surface area contributed by atoms with Crippen molar-refractivity contribution in [1.82, 2.24) is 4.98 Å². The molecular weight excluding hydrogens is 206 g/mol. The Morgan fingerprint density at radius 1 is 1.53 bits per heavy atom. The van der Waals surface area contributed by atoms with E-state index in [0.29, 0.717) is 0 Å². The van der Waals surface area contributed by atoms with Crippen LogP contribution in [0.2, 0.25) is 0 Å². The third-order valence-corrected chi connectivity index (χ3v) is 2.49. The molecule has 0 saturated carbocycles. The molecule has 0 unspecified atom stereocenters. The molecule has 0 spiro atoms. The van der Waals surface area contributed by atoms with E-state index in [1.807, 2.05) is 19.1 Å². The van der Waals surface area contributed by atoms with E-state index >= 15 is 0 Å². The van der Waals surface area contributed by atoms with E-state index in [9.17, 15) is 4.79 Å². The summed E-state index contributed by atoms with van der Waals surface area (Å²) in [5.74, 6) is 6.79. The highest BCUT2D eigenvalue weighted by atomic mass is 32.2. The van der Waals surface area contributed by atoms with Crippen LogP contribution >= 0.6 is 11.8 Å². The molecular formula is C12H13NOS. The molecule has 78 valence electrons. The second kappa shape index (κ2) is 6.26. The minimum atomic E-state index is 0.147. The molecule has 0 aromatic carbocycles. The number of carbonyl (C=O) groups is 1. The predicted molar refractivity (Wildman–Crippen MR) is 63.6 cm³/mol. The summed E-state index contributed by atoms with van der Waals surface area (Å²) in [6.07, 6.45) is 2.50. The van der Waals surface area contributed by atoms with E-state index in [0.717, 1.165) is 23.4 Å². The molecule has 0 amide bonds. The van der Waals surface area contributed by atoms with Crippen molar-refractivity contribution in [2.45, 2.75) is 20.3 Å². The monoisotopic (exact) mass is 219 g/mol. The highest BCUT2D eigenvalue weighted by Gasteiger charge is 1.91. The van der Waals surface area contributed by atoms with Gasteiger partial charge in [0.25, 0.3) is 0 Å². The molecule has 0 fully saturated rings. The Balaban J connectivity index is 2.38. The van der Waals surface area contributed by atoms with E-state index < -0.39 is 0 Å². The minimum absolute atomic E-state index is 0.147. The summed E-state index contributed by atoms with van der Waals surface area (Å²) in [5.41, 5.74) is 1.92. The number of rotatable bonds is 2. The maximum atomic E-state index is 10.6. The molecule has 0 aliphatic rings. The number of aryl methyl sites for hydroxylation is 1. The van der Waals surface area contributed by atoms with Crippen LogP contribution in [0.5, 0.6) is 0 Å². The molecule has 0 aliphatic carbocycles. The van der Waals surface area contributed by atoms with Gasteiger partial charge in [-0.1, -0.05) is 23.6 Å². The van der Waals surface area contributed by atoms with Gasteiger partial charge in [0.15, 0.2) is 5.12 Å². The lowest BCUT2D eigenvalue weighted by molar-refractivity contribution is -0.109. The van der Waals surface area contributed by atoms with Crippen LogP contribution in [-0.2, 0) is 4.79 Å². The van der Waals surface area contributed by atoms with Gasteiger partial charge in [0, 0.05) is 36.6 Å². The standard InChI is InChI=1S/C12H13NOS/c1-10-6-7-12(9-13-10)5-3-4-8-15-11(2)14/h6-7,9H,4,8H2,1-2H3. The van der Waals surface area contributed by atoms with Crippen molar-refractivity contribution >= 4 is 16.9 Å². The minimum Gasteiger partial charge on any atom is -0.288 e. The zero-order chi connectivity index (χ0) is 11.1. The molecule has 0 radical (unpaired) electrons. The third kappa shape index (κ3) is 5.24. The molecule has 1 heterocycles. The normalized spacial score (nSPS) is 9.20. The third-order valence-electron chi connectivity index (χ3n) is 1.68. The molecule has 0 saturated heterocycles. The first-order valence-electron chi connectivity index (χ1n) is 4.73. The van der Waals surface area contributed by atoms with Gasteiger partial charge in [0.1, 0.15) is 0 Å². The van der Waals surface area contributed by atoms with Crippen LogP contribution in [0.1, 0.15) is 24.6 Å². The van der Waals surface area contributed by atoms with Crippen LogP contribution in [0.3, 0.4) is 0 Å². The Hall–Kier alpha value is -1.27. The summed E-state index contributed by atoms with van der Waals surface area (Å²) in [6.45, 7) is 3.52. The number of pyridine rings is 1. The summed E-state index contributed by atoms with van der Waals surface area (Å²) in [4.78, 5) is 14.8. The van der Waals surface area contributed by atoms with E-state index in [-0.39, 0.29) is 5.12 Å². The van der Waals surface area contributed by atoms with Gasteiger partial charge in [-0.05, 0) is 19.1 Å². The van der Waals surface area contributed by atoms with Crippen molar-refractivity contribution in [3.05, 3.63) is 29.6 Å². The molecule has 0 atom stereocenters. The summed E-state index contributed by atoms with van der Waals surface area (Å²) in [5, 5.41) is 0.147. The summed E-state index contributed by atoms with van der Waals surface area (Å²) >= 11 is 1.31. The summed E-state index contributed by atoms with van der Waals surface area (Å²) in [7, 11) is 0. The quantitative estimate of drug-likeness (QED) is 0.565. The maximum Gasteiger partial charge on any atom is 0.185 e. The van der Waals surface area contributed by atoms with Crippen molar-refractivity contribution < 1.29 is 4.79 Å². The lowest BCUT2D eigenvalue weighted by Crippen LogP contribution is -1.84. The number of thioether (sulfide) groups is 1. The van der Waals surface area contributed by atoms with Crippen molar-refractivity contribution in [2.24, 2.45) is 0 Å². The van der Waals surface area contributed by atoms with Gasteiger partial charge in [-0.3, -0.25) is 9.78 Å². The lowest BCUT2D eigenvalue weighted by Gasteiger charge is -1.91. The fourth-order valence-electron chi connectivity index (χ4n) is 0.952. The molecule has 0 bridgehead atoms. The van der Waals surface area contributed by atoms with Gasteiger partial charge >= 0.3 is 0 Å². The first kappa shape index (κ1) is 11.8. The Bertz CT molecular complexity index is 386. The van der Waals surface area contributed by atoms with Crippen molar-refractivity contribution in [2.75, 3.05) is 5.75 Å². The number of carbonyl (C=O) groups excluding carboxylic acids is 1. The number of aromatic nitrogens is 1. The smallest absolute Gasteiger partial charge is 0.185 e. The summed E-state index contributed by atoms with van der Waals surface area (Å²) in [6, 6.07) is 3.89. The van der Waals surface area contributed by atoms with Crippen LogP contribution < -0.4 is 0 Å². The number of hydrogen-bond acceptors (Lipinski definition) is 3. The SMILES string of the molecule is CC(=O)SCCC#Cc1ccc(C)nc1. The highest BCUT2D eigenvalue weighted by Crippen LogP contribution is 2.02. The highest BCUT2D eigenvalue weighted by molar-refractivity contribution is 8.13. The maximum absolute atomic E-state index is 10.6. The van der Waals surface area contributed by atoms with Crippen molar-refractivity contribution in [3.63, 3.8) is 0 Å². The first-order chi connectivity index (χ1) is 7.18. The average Bonchev–Trinajstić information content (AvgIpc) is 2.20. The van der Waals surface area contributed by atoms with E-state index in [1.165, 1.54) is 11.8 Å². The van der Waals surface area contributed by atoms with Gasteiger partial charge in [-0.2, -0.15) is 0 Å². The molecule has 15 heavy (non-hydrogen) atoms. The fraction of sp³-hybridized carbons (Fsp3) is 0.333. The molecule has 1 rings (SSSR count). The van der Waals surface area contributed by atoms with Gasteiger partial charge in [-0.25, -0.2) is 0 Å². The fourth-order valence-corrected chi connectivity index (χ4v) is 1.44. The Labute approximate surface area is 94.5 Å². The van der Waals surface area contributed by atoms with E-state index in [2.05, 4.69) is 16.8 Å². The molecule has 2 nitrogen and oxygen atoms in total. The van der Waals surface area contributed by atoms with Crippen LogP contribution in [-0.4, -0.2) is 15.9 Å². The molecule has 0 aliphatic heterocycles. The van der Waals surface area contributed by atoms with Gasteiger partial charge in [-0.15, -0.1) is 0 Å². The van der Waals surface area contributed by atoms with Crippen LogP contribution in [0.15, 0.2) is 18.3 Å². The topological polar surface area (TPSA) is 30.0 Å². The second-order valence-electron chi connectivity index (χ2n) is 3.08. The van der Waals surface area contributed by atoms with Gasteiger partial charge in [0.05, 0.1) is 0 Å². The molecule has 3 heteroatoms. The second-order valence-corrected chi connectivity index (χ2v) is 4.35. The van der Waals surface area contributed by atoms with Crippen molar-refractivity contribution in [1.29, 1.82) is 0 Å². The Kier molecular flexibility index (Phi) is 4.92. The zero-order valence-corrected chi connectivity index (χ0v) is 9.73. The van der Waals surface area contributed by atoms with Crippen LogP contribution in [0.4, 0.5) is 0 Å². The average molecular weight is 219 g/mol. The van der Waals surface area contributed by atoms with E-state index in [4.69, 9.17) is 0 Å². The Morgan fingerprint density at radius 2 is 2.33 bits per heavy atom. The lowest BCUT2D eigenvalue weighted by atomic mass is 10.2. The first-order valence-corrected chi connectivity index (χ1v) is 5.72. The largest absolute Gasteiger partial charge is 0.288 e. The van der Waals surface area contributed by atoms with Crippen LogP contribution in [0, 0.1) is 18.8 Å². The summed E-state index contributed by atoms with van der Waals surface area (Å²) < 4.78 is 0. The van der Waals surface area contributed by atoms with Crippen molar-refractivity contribution in [3.8, 4) is 11.8 Å². The van der Waals surface area contributed by atoms with E-state index in [1.54, 1.807) is 13.1 Å². The molecule has 1 aromatic heterocycles. The predicted octanol–water partition coefficient (Wildman–Crippen LogP) is 2.41. The zero-order valence-electron chi connectivity index (χ0n) is 8.91. The van der Waals surface area contributed by atoms with Gasteiger partial charge < -0.3 is 0 Å². The Morgan fingerprint density at radius 3 is 2.93 bits per heavy atom. The molecule has 1 aromatic rings. The number of nitrogens with zero attached hydrogens (tertiary/aromatic N) is 1. The molecule has 0 N–H and O–H groups in total.